The van der Waals surface area contributed by atoms with Crippen molar-refractivity contribution in [2.24, 2.45) is 0 Å². The molecule has 1 aliphatic heterocycles. The predicted octanol–water partition coefficient (Wildman–Crippen LogP) is 3.42. The van der Waals surface area contributed by atoms with Gasteiger partial charge in [0.25, 0.3) is 5.91 Å². The van der Waals surface area contributed by atoms with E-state index in [1.807, 2.05) is 0 Å². The van der Waals surface area contributed by atoms with Crippen LogP contribution in [0.25, 0.3) is 0 Å². The Kier molecular flexibility index (Phi) is 4.75. The molecule has 0 saturated carbocycles. The van der Waals surface area contributed by atoms with Crippen molar-refractivity contribution in [2.45, 2.75) is 31.2 Å². The van der Waals surface area contributed by atoms with E-state index in [0.717, 1.165) is 18.2 Å². The third kappa shape index (κ3) is 3.29. The average Bonchev–Trinajstić information content (AvgIpc) is 2.69. The zero-order valence-corrected chi connectivity index (χ0v) is 12.9. The van der Waals surface area contributed by atoms with Gasteiger partial charge in [0, 0.05) is 11.1 Å². The standard InChI is InChI=1S/C15H13F6NO3/c1-2-25-11(23)7-13(15(19,20)21)10-6-4-3-5-9(10)12(24)22(13)8-14(16,17)18/h3-6H,2,7-8H2,1H3. The minimum Gasteiger partial charge on any atom is -0.466 e. The number of fused-ring (bicyclic) bond motifs is 1. The van der Waals surface area contributed by atoms with E-state index in [1.54, 1.807) is 0 Å². The van der Waals surface area contributed by atoms with Gasteiger partial charge >= 0.3 is 18.3 Å². The SMILES string of the molecule is CCOC(=O)CC1(C(F)(F)F)c2ccccc2C(=O)N1CC(F)(F)F. The van der Waals surface area contributed by atoms with Crippen LogP contribution in [0.5, 0.6) is 0 Å². The number of esters is 1. The Labute approximate surface area is 138 Å². The van der Waals surface area contributed by atoms with Crippen LogP contribution in [0.4, 0.5) is 26.3 Å². The molecule has 0 saturated heterocycles. The van der Waals surface area contributed by atoms with Crippen molar-refractivity contribution in [3.63, 3.8) is 0 Å². The van der Waals surface area contributed by atoms with Crippen molar-refractivity contribution in [1.82, 2.24) is 4.90 Å². The summed E-state index contributed by atoms with van der Waals surface area (Å²) in [5.74, 6) is -2.79. The highest BCUT2D eigenvalue weighted by Gasteiger charge is 2.67. The molecule has 0 fully saturated rings. The molecule has 0 aromatic heterocycles. The first kappa shape index (κ1) is 19.1. The lowest BCUT2D eigenvalue weighted by Crippen LogP contribution is -2.57. The number of ether oxygens (including phenoxy) is 1. The molecule has 1 atom stereocenters. The Balaban J connectivity index is 2.68. The van der Waals surface area contributed by atoms with Gasteiger partial charge in [-0.2, -0.15) is 26.3 Å². The van der Waals surface area contributed by atoms with Crippen LogP contribution >= 0.6 is 0 Å². The molecule has 1 amide bonds. The van der Waals surface area contributed by atoms with Crippen molar-refractivity contribution in [3.05, 3.63) is 35.4 Å². The Bertz CT molecular complexity index is 685. The second-order valence-corrected chi connectivity index (χ2v) is 5.39. The summed E-state index contributed by atoms with van der Waals surface area (Å²) in [7, 11) is 0. The minimum atomic E-state index is -5.33. The Morgan fingerprint density at radius 2 is 1.76 bits per heavy atom. The van der Waals surface area contributed by atoms with Gasteiger partial charge in [0.1, 0.15) is 6.54 Å². The van der Waals surface area contributed by atoms with Gasteiger partial charge in [-0.25, -0.2) is 0 Å². The first-order valence-electron chi connectivity index (χ1n) is 7.14. The number of benzene rings is 1. The number of amides is 1. The van der Waals surface area contributed by atoms with E-state index in [0.29, 0.717) is 0 Å². The Morgan fingerprint density at radius 3 is 2.28 bits per heavy atom. The van der Waals surface area contributed by atoms with Crippen molar-refractivity contribution >= 4 is 11.9 Å². The monoisotopic (exact) mass is 369 g/mol. The lowest BCUT2D eigenvalue weighted by molar-refractivity contribution is -0.246. The molecule has 25 heavy (non-hydrogen) atoms. The smallest absolute Gasteiger partial charge is 0.416 e. The molecular weight excluding hydrogens is 356 g/mol. The Hall–Kier alpha value is -2.26. The molecule has 2 rings (SSSR count). The number of carbonyl (C=O) groups is 2. The van der Waals surface area contributed by atoms with Crippen LogP contribution < -0.4 is 0 Å². The van der Waals surface area contributed by atoms with E-state index in [2.05, 4.69) is 4.74 Å². The normalized spacial score (nSPS) is 20.6. The van der Waals surface area contributed by atoms with Crippen LogP contribution in [-0.4, -0.2) is 42.3 Å². The number of rotatable bonds is 4. The molecular formula is C15H13F6NO3. The van der Waals surface area contributed by atoms with Gasteiger partial charge < -0.3 is 9.64 Å². The largest absolute Gasteiger partial charge is 0.466 e. The lowest BCUT2D eigenvalue weighted by atomic mass is 9.85. The first-order chi connectivity index (χ1) is 11.4. The van der Waals surface area contributed by atoms with Crippen LogP contribution in [-0.2, 0) is 15.1 Å². The number of halogens is 6. The van der Waals surface area contributed by atoms with Crippen LogP contribution in [0.3, 0.4) is 0 Å². The molecule has 1 unspecified atom stereocenters. The van der Waals surface area contributed by atoms with E-state index < -0.39 is 53.9 Å². The molecule has 10 heteroatoms. The highest BCUT2D eigenvalue weighted by Crippen LogP contribution is 2.52. The topological polar surface area (TPSA) is 46.6 Å². The summed E-state index contributed by atoms with van der Waals surface area (Å²) < 4.78 is 84.8. The second-order valence-electron chi connectivity index (χ2n) is 5.39. The first-order valence-corrected chi connectivity index (χ1v) is 7.14. The molecule has 0 N–H and O–H groups in total. The molecule has 1 heterocycles. The molecule has 0 bridgehead atoms. The van der Waals surface area contributed by atoms with E-state index in [4.69, 9.17) is 0 Å². The van der Waals surface area contributed by atoms with Gasteiger partial charge in [-0.1, -0.05) is 18.2 Å². The summed E-state index contributed by atoms with van der Waals surface area (Å²) in [6.45, 7) is -1.04. The maximum atomic E-state index is 13.9. The van der Waals surface area contributed by atoms with E-state index >= 15 is 0 Å². The zero-order chi connectivity index (χ0) is 19.0. The number of hydrogen-bond donors (Lipinski definition) is 0. The van der Waals surface area contributed by atoms with Crippen LogP contribution in [0.2, 0.25) is 0 Å². The quantitative estimate of drug-likeness (QED) is 0.604. The fourth-order valence-electron chi connectivity index (χ4n) is 2.90. The van der Waals surface area contributed by atoms with Crippen molar-refractivity contribution in [3.8, 4) is 0 Å². The number of alkyl halides is 6. The van der Waals surface area contributed by atoms with Gasteiger partial charge in [0.15, 0.2) is 5.54 Å². The molecule has 1 aromatic rings. The molecule has 0 radical (unpaired) electrons. The molecule has 1 aromatic carbocycles. The fraction of sp³-hybridized carbons (Fsp3) is 0.467. The molecule has 0 aliphatic carbocycles. The number of nitrogens with zero attached hydrogens (tertiary/aromatic N) is 1. The lowest BCUT2D eigenvalue weighted by Gasteiger charge is -2.40. The van der Waals surface area contributed by atoms with Gasteiger partial charge in [0.2, 0.25) is 0 Å². The molecule has 1 aliphatic rings. The summed E-state index contributed by atoms with van der Waals surface area (Å²) >= 11 is 0. The van der Waals surface area contributed by atoms with Crippen molar-refractivity contribution < 1.29 is 40.7 Å². The molecule has 138 valence electrons. The van der Waals surface area contributed by atoms with E-state index in [-0.39, 0.29) is 11.5 Å². The van der Waals surface area contributed by atoms with Crippen molar-refractivity contribution in [2.75, 3.05) is 13.2 Å². The van der Waals surface area contributed by atoms with E-state index in [1.165, 1.54) is 13.0 Å². The van der Waals surface area contributed by atoms with Gasteiger partial charge in [-0.15, -0.1) is 0 Å². The molecule has 4 nitrogen and oxygen atoms in total. The molecule has 0 spiro atoms. The fourth-order valence-corrected chi connectivity index (χ4v) is 2.90. The average molecular weight is 369 g/mol. The maximum Gasteiger partial charge on any atom is 0.416 e. The summed E-state index contributed by atoms with van der Waals surface area (Å²) in [4.78, 5) is 23.6. The van der Waals surface area contributed by atoms with E-state index in [9.17, 15) is 35.9 Å². The summed E-state index contributed by atoms with van der Waals surface area (Å²) in [5.41, 5.74) is -4.64. The second kappa shape index (κ2) is 6.23. The third-order valence-electron chi connectivity index (χ3n) is 3.82. The number of hydrogen-bond acceptors (Lipinski definition) is 3. The minimum absolute atomic E-state index is 0.248. The zero-order valence-electron chi connectivity index (χ0n) is 12.9. The summed E-state index contributed by atoms with van der Waals surface area (Å²) in [6.07, 6.45) is -11.9. The van der Waals surface area contributed by atoms with Crippen LogP contribution in [0.15, 0.2) is 24.3 Å². The third-order valence-corrected chi connectivity index (χ3v) is 3.82. The highest BCUT2D eigenvalue weighted by atomic mass is 19.4. The predicted molar refractivity (Wildman–Crippen MR) is 72.5 cm³/mol. The van der Waals surface area contributed by atoms with Crippen LogP contribution in [0, 0.1) is 0 Å². The van der Waals surface area contributed by atoms with Gasteiger partial charge in [-0.3, -0.25) is 9.59 Å². The van der Waals surface area contributed by atoms with Gasteiger partial charge in [0.05, 0.1) is 13.0 Å². The summed E-state index contributed by atoms with van der Waals surface area (Å²) in [5, 5.41) is 0. The highest BCUT2D eigenvalue weighted by molar-refractivity contribution is 6.01. The van der Waals surface area contributed by atoms with Gasteiger partial charge in [-0.05, 0) is 13.0 Å². The van der Waals surface area contributed by atoms with Crippen molar-refractivity contribution in [1.29, 1.82) is 0 Å². The number of carbonyl (C=O) groups excluding carboxylic acids is 2. The summed E-state index contributed by atoms with van der Waals surface area (Å²) in [6, 6.07) is 4.30. The maximum absolute atomic E-state index is 13.9. The van der Waals surface area contributed by atoms with Crippen LogP contribution in [0.1, 0.15) is 29.3 Å². The Morgan fingerprint density at radius 1 is 1.16 bits per heavy atom.